The number of hydrogen-bond donors (Lipinski definition) is 0. The van der Waals surface area contributed by atoms with Crippen LogP contribution in [0.2, 0.25) is 0 Å². The molecule has 70 valence electrons. The molecule has 0 N–H and O–H groups in total. The lowest BCUT2D eigenvalue weighted by Gasteiger charge is -2.03. The van der Waals surface area contributed by atoms with Gasteiger partial charge in [-0.05, 0) is 20.3 Å². The van der Waals surface area contributed by atoms with Gasteiger partial charge in [-0.2, -0.15) is 13.2 Å². The van der Waals surface area contributed by atoms with Gasteiger partial charge in [0.25, 0.3) is 0 Å². The summed E-state index contributed by atoms with van der Waals surface area (Å²) >= 11 is 0. The van der Waals surface area contributed by atoms with Crippen molar-refractivity contribution >= 4 is 5.71 Å². The molecule has 0 aromatic heterocycles. The average Bonchev–Trinajstić information content (AvgIpc) is 1.97. The van der Waals surface area contributed by atoms with E-state index >= 15 is 0 Å². The minimum atomic E-state index is -4.30. The zero-order chi connectivity index (χ0) is 9.78. The molecule has 0 aromatic rings. The summed E-state index contributed by atoms with van der Waals surface area (Å²) < 4.78 is 35.5. The van der Waals surface area contributed by atoms with Crippen LogP contribution in [0.25, 0.3) is 0 Å². The molecule has 0 amide bonds. The van der Waals surface area contributed by atoms with Gasteiger partial charge in [-0.15, -0.1) is 0 Å². The van der Waals surface area contributed by atoms with Crippen molar-refractivity contribution in [1.82, 2.24) is 0 Å². The Kier molecular flexibility index (Phi) is 4.00. The van der Waals surface area contributed by atoms with Crippen molar-refractivity contribution in [2.24, 2.45) is 4.99 Å². The van der Waals surface area contributed by atoms with E-state index in [4.69, 9.17) is 0 Å². The van der Waals surface area contributed by atoms with Crippen LogP contribution in [0.5, 0.6) is 0 Å². The number of nitrogens with zero attached hydrogens (tertiary/aromatic N) is 1. The minimum Gasteiger partial charge on any atom is -0.257 e. The molecular weight excluding hydrogens is 167 g/mol. The molecule has 0 saturated heterocycles. The van der Waals surface area contributed by atoms with Crippen LogP contribution in [-0.2, 0) is 0 Å². The predicted octanol–water partition coefficient (Wildman–Crippen LogP) is 3.32. The summed E-state index contributed by atoms with van der Waals surface area (Å²) in [7, 11) is 0. The molecule has 0 aliphatic carbocycles. The van der Waals surface area contributed by atoms with E-state index in [0.29, 0.717) is 6.42 Å². The second-order valence-corrected chi connectivity index (χ2v) is 2.54. The van der Waals surface area contributed by atoms with Crippen LogP contribution in [0, 0.1) is 0 Å². The van der Waals surface area contributed by atoms with Crippen molar-refractivity contribution < 1.29 is 13.2 Å². The summed E-state index contributed by atoms with van der Waals surface area (Å²) in [6.45, 7) is 4.57. The molecule has 0 bridgehead atoms. The largest absolute Gasteiger partial charge is 0.429 e. The molecule has 0 radical (unpaired) electrons. The van der Waals surface area contributed by atoms with Gasteiger partial charge in [0, 0.05) is 6.20 Å². The van der Waals surface area contributed by atoms with Gasteiger partial charge in [0.2, 0.25) is 0 Å². The van der Waals surface area contributed by atoms with E-state index in [-0.39, 0.29) is 0 Å². The Labute approximate surface area is 70.0 Å². The topological polar surface area (TPSA) is 12.4 Å². The summed E-state index contributed by atoms with van der Waals surface area (Å²) in [5.74, 6) is 0. The van der Waals surface area contributed by atoms with Crippen molar-refractivity contribution in [3.63, 3.8) is 0 Å². The Morgan fingerprint density at radius 3 is 2.17 bits per heavy atom. The first-order valence-corrected chi connectivity index (χ1v) is 3.65. The van der Waals surface area contributed by atoms with Gasteiger partial charge >= 0.3 is 6.18 Å². The second-order valence-electron chi connectivity index (χ2n) is 2.54. The van der Waals surface area contributed by atoms with E-state index in [0.717, 1.165) is 12.5 Å². The molecule has 0 saturated carbocycles. The standard InChI is InChI=1S/C8H12F3N/c1-4-6(2)5-12-7(3)8(9,10)11/h5H,4H2,1-3H3/b6-5-,12-7?. The maximum Gasteiger partial charge on any atom is 0.429 e. The first-order valence-electron chi connectivity index (χ1n) is 3.65. The lowest BCUT2D eigenvalue weighted by atomic mass is 10.2. The van der Waals surface area contributed by atoms with E-state index in [1.807, 2.05) is 6.92 Å². The summed E-state index contributed by atoms with van der Waals surface area (Å²) in [6.07, 6.45) is -2.33. The minimum absolute atomic E-state index is 0.717. The maximum atomic E-state index is 11.8. The molecule has 0 rings (SSSR count). The van der Waals surface area contributed by atoms with E-state index in [1.165, 1.54) is 6.20 Å². The van der Waals surface area contributed by atoms with Crippen LogP contribution in [0.15, 0.2) is 16.8 Å². The molecule has 0 spiro atoms. The first kappa shape index (κ1) is 11.2. The zero-order valence-electron chi connectivity index (χ0n) is 7.37. The summed E-state index contributed by atoms with van der Waals surface area (Å²) in [6, 6.07) is 0. The van der Waals surface area contributed by atoms with Crippen molar-refractivity contribution in [2.75, 3.05) is 0 Å². The molecule has 4 heteroatoms. The normalized spacial score (nSPS) is 15.2. The first-order chi connectivity index (χ1) is 5.38. The Bertz CT molecular complexity index is 201. The number of aliphatic imine (C=N–C) groups is 1. The van der Waals surface area contributed by atoms with Gasteiger partial charge in [-0.25, -0.2) is 0 Å². The van der Waals surface area contributed by atoms with Gasteiger partial charge in [-0.1, -0.05) is 12.5 Å². The Balaban J connectivity index is 4.39. The Morgan fingerprint density at radius 2 is 1.83 bits per heavy atom. The fourth-order valence-corrected chi connectivity index (χ4v) is 0.371. The highest BCUT2D eigenvalue weighted by Gasteiger charge is 2.31. The third-order valence-electron chi connectivity index (χ3n) is 1.45. The number of hydrogen-bond acceptors (Lipinski definition) is 1. The smallest absolute Gasteiger partial charge is 0.257 e. The van der Waals surface area contributed by atoms with E-state index in [1.54, 1.807) is 6.92 Å². The van der Waals surface area contributed by atoms with Gasteiger partial charge in [0.05, 0.1) is 0 Å². The third kappa shape index (κ3) is 4.16. The molecule has 0 fully saturated rings. The van der Waals surface area contributed by atoms with E-state index in [2.05, 4.69) is 4.99 Å². The number of rotatable bonds is 2. The SMILES string of the molecule is CC/C(C)=C\N=C(C)C(F)(F)F. The average molecular weight is 179 g/mol. The zero-order valence-corrected chi connectivity index (χ0v) is 7.37. The fourth-order valence-electron chi connectivity index (χ4n) is 0.371. The van der Waals surface area contributed by atoms with E-state index < -0.39 is 11.9 Å². The van der Waals surface area contributed by atoms with Gasteiger partial charge < -0.3 is 0 Å². The lowest BCUT2D eigenvalue weighted by Crippen LogP contribution is -2.18. The maximum absolute atomic E-state index is 11.8. The van der Waals surface area contributed by atoms with Crippen LogP contribution in [0.3, 0.4) is 0 Å². The molecule has 0 aromatic carbocycles. The Morgan fingerprint density at radius 1 is 1.33 bits per heavy atom. The monoisotopic (exact) mass is 179 g/mol. The molecule has 0 aliphatic heterocycles. The summed E-state index contributed by atoms with van der Waals surface area (Å²) in [4.78, 5) is 3.30. The molecule has 0 heterocycles. The lowest BCUT2D eigenvalue weighted by molar-refractivity contribution is -0.0591. The second kappa shape index (κ2) is 4.28. The van der Waals surface area contributed by atoms with E-state index in [9.17, 15) is 13.2 Å². The van der Waals surface area contributed by atoms with Gasteiger partial charge in [-0.3, -0.25) is 4.99 Å². The third-order valence-corrected chi connectivity index (χ3v) is 1.45. The van der Waals surface area contributed by atoms with Crippen molar-refractivity contribution in [2.45, 2.75) is 33.4 Å². The van der Waals surface area contributed by atoms with Crippen LogP contribution in [0.4, 0.5) is 13.2 Å². The van der Waals surface area contributed by atoms with Crippen LogP contribution in [-0.4, -0.2) is 11.9 Å². The van der Waals surface area contributed by atoms with Crippen molar-refractivity contribution in [3.05, 3.63) is 11.8 Å². The molecular formula is C8H12F3N. The number of halogens is 3. The van der Waals surface area contributed by atoms with Crippen LogP contribution < -0.4 is 0 Å². The molecule has 1 nitrogen and oxygen atoms in total. The number of alkyl halides is 3. The molecule has 0 aliphatic rings. The molecule has 0 atom stereocenters. The highest BCUT2D eigenvalue weighted by molar-refractivity contribution is 5.87. The summed E-state index contributed by atoms with van der Waals surface area (Å²) in [5.41, 5.74) is 0.0221. The number of allylic oxidation sites excluding steroid dienone is 1. The molecule has 12 heavy (non-hydrogen) atoms. The van der Waals surface area contributed by atoms with Crippen molar-refractivity contribution in [3.8, 4) is 0 Å². The van der Waals surface area contributed by atoms with Gasteiger partial charge in [0.1, 0.15) is 5.71 Å². The van der Waals surface area contributed by atoms with Gasteiger partial charge in [0.15, 0.2) is 0 Å². The quantitative estimate of drug-likeness (QED) is 0.576. The highest BCUT2D eigenvalue weighted by Crippen LogP contribution is 2.17. The van der Waals surface area contributed by atoms with Crippen LogP contribution >= 0.6 is 0 Å². The predicted molar refractivity (Wildman–Crippen MR) is 43.2 cm³/mol. The fraction of sp³-hybridized carbons (Fsp3) is 0.625. The highest BCUT2D eigenvalue weighted by atomic mass is 19.4. The summed E-state index contributed by atoms with van der Waals surface area (Å²) in [5, 5.41) is 0. The van der Waals surface area contributed by atoms with Crippen molar-refractivity contribution in [1.29, 1.82) is 0 Å². The molecule has 0 unspecified atom stereocenters. The Hall–Kier alpha value is -0.800. The van der Waals surface area contributed by atoms with Crippen LogP contribution in [0.1, 0.15) is 27.2 Å².